The molecule has 0 aliphatic carbocycles. The van der Waals surface area contributed by atoms with Gasteiger partial charge >= 0.3 is 0 Å². The van der Waals surface area contributed by atoms with E-state index in [1.807, 2.05) is 12.3 Å². The van der Waals surface area contributed by atoms with Crippen molar-refractivity contribution in [3.05, 3.63) is 46.2 Å². The molecule has 4 rings (SSSR count). The number of ether oxygens (including phenoxy) is 2. The van der Waals surface area contributed by atoms with Crippen LogP contribution in [0, 0.1) is 18.3 Å². The molecule has 5 nitrogen and oxygen atoms in total. The van der Waals surface area contributed by atoms with E-state index in [-0.39, 0.29) is 5.41 Å². The summed E-state index contributed by atoms with van der Waals surface area (Å²) < 4.78 is 11.8. The van der Waals surface area contributed by atoms with Crippen LogP contribution in [0.3, 0.4) is 0 Å². The molecule has 24 heavy (non-hydrogen) atoms. The summed E-state index contributed by atoms with van der Waals surface area (Å²) in [5, 5.41) is 3.34. The smallest absolute Gasteiger partial charge is 0.107 e. The van der Waals surface area contributed by atoms with Crippen molar-refractivity contribution in [2.24, 2.45) is 11.3 Å². The van der Waals surface area contributed by atoms with Gasteiger partial charge < -0.3 is 9.47 Å². The number of thiazole rings is 1. The molecule has 2 atom stereocenters. The fourth-order valence-electron chi connectivity index (χ4n) is 3.79. The SMILES string of the molecule is Cc1csc(CN2C[C@@H]3COC[C@]3(COCc3cccnc3)C2)n1. The maximum atomic E-state index is 6.05. The van der Waals surface area contributed by atoms with Crippen molar-refractivity contribution in [3.8, 4) is 0 Å². The lowest BCUT2D eigenvalue weighted by Crippen LogP contribution is -2.35. The van der Waals surface area contributed by atoms with E-state index in [9.17, 15) is 0 Å². The topological polar surface area (TPSA) is 47.5 Å². The van der Waals surface area contributed by atoms with Gasteiger partial charge in [0.25, 0.3) is 0 Å². The van der Waals surface area contributed by atoms with Crippen LogP contribution in [0.2, 0.25) is 0 Å². The lowest BCUT2D eigenvalue weighted by Gasteiger charge is -2.27. The Morgan fingerprint density at radius 2 is 2.46 bits per heavy atom. The minimum absolute atomic E-state index is 0.133. The van der Waals surface area contributed by atoms with Crippen LogP contribution in [0.15, 0.2) is 29.9 Å². The molecule has 0 unspecified atom stereocenters. The molecule has 2 saturated heterocycles. The molecule has 128 valence electrons. The molecule has 4 heterocycles. The number of likely N-dealkylation sites (tertiary alicyclic amines) is 1. The van der Waals surface area contributed by atoms with Gasteiger partial charge in [-0.3, -0.25) is 9.88 Å². The molecule has 6 heteroatoms. The highest BCUT2D eigenvalue weighted by molar-refractivity contribution is 7.09. The summed E-state index contributed by atoms with van der Waals surface area (Å²) in [6.07, 6.45) is 3.66. The zero-order valence-corrected chi connectivity index (χ0v) is 14.8. The lowest BCUT2D eigenvalue weighted by atomic mass is 9.82. The lowest BCUT2D eigenvalue weighted by molar-refractivity contribution is 0.0182. The number of aryl methyl sites for hydroxylation is 1. The summed E-state index contributed by atoms with van der Waals surface area (Å²) in [4.78, 5) is 11.3. The van der Waals surface area contributed by atoms with E-state index in [0.717, 1.165) is 50.7 Å². The van der Waals surface area contributed by atoms with E-state index in [1.54, 1.807) is 17.5 Å². The van der Waals surface area contributed by atoms with Gasteiger partial charge in [-0.25, -0.2) is 4.98 Å². The number of hydrogen-bond donors (Lipinski definition) is 0. The molecule has 0 bridgehead atoms. The second kappa shape index (κ2) is 6.88. The van der Waals surface area contributed by atoms with Crippen molar-refractivity contribution in [2.75, 3.05) is 32.9 Å². The molecule has 2 fully saturated rings. The predicted molar refractivity (Wildman–Crippen MR) is 92.8 cm³/mol. The van der Waals surface area contributed by atoms with Gasteiger partial charge in [0.1, 0.15) is 5.01 Å². The molecular weight excluding hydrogens is 322 g/mol. The normalized spacial score (nSPS) is 26.8. The zero-order chi connectivity index (χ0) is 16.4. The van der Waals surface area contributed by atoms with E-state index in [0.29, 0.717) is 12.5 Å². The molecule has 0 aromatic carbocycles. The average Bonchev–Trinajstić information content (AvgIpc) is 3.23. The van der Waals surface area contributed by atoms with E-state index in [4.69, 9.17) is 9.47 Å². The monoisotopic (exact) mass is 345 g/mol. The minimum Gasteiger partial charge on any atom is -0.380 e. The quantitative estimate of drug-likeness (QED) is 0.805. The summed E-state index contributed by atoms with van der Waals surface area (Å²) in [7, 11) is 0. The van der Waals surface area contributed by atoms with Crippen molar-refractivity contribution in [2.45, 2.75) is 20.1 Å². The summed E-state index contributed by atoms with van der Waals surface area (Å²) in [6.45, 7) is 8.13. The van der Waals surface area contributed by atoms with Crippen LogP contribution in [0.1, 0.15) is 16.3 Å². The van der Waals surface area contributed by atoms with Crippen molar-refractivity contribution in [3.63, 3.8) is 0 Å². The number of rotatable bonds is 6. The Morgan fingerprint density at radius 3 is 3.25 bits per heavy atom. The highest BCUT2D eigenvalue weighted by Gasteiger charge is 2.50. The molecule has 2 aliphatic rings. The van der Waals surface area contributed by atoms with Gasteiger partial charge in [0.05, 0.1) is 33.0 Å². The van der Waals surface area contributed by atoms with Crippen LogP contribution in [-0.4, -0.2) is 47.8 Å². The van der Waals surface area contributed by atoms with Gasteiger partial charge in [-0.1, -0.05) is 6.07 Å². The van der Waals surface area contributed by atoms with Crippen molar-refractivity contribution >= 4 is 11.3 Å². The standard InChI is InChI=1S/C18H23N3O2S/c1-14-10-24-17(20-14)7-21-6-16-9-23-13-18(16,11-21)12-22-8-15-3-2-4-19-5-15/h2-5,10,16H,6-9,11-13H2,1H3/t16-,18-/m1/s1. The summed E-state index contributed by atoms with van der Waals surface area (Å²) >= 11 is 1.76. The van der Waals surface area contributed by atoms with Gasteiger partial charge in [-0.2, -0.15) is 0 Å². The van der Waals surface area contributed by atoms with Crippen molar-refractivity contribution < 1.29 is 9.47 Å². The van der Waals surface area contributed by atoms with Crippen molar-refractivity contribution in [1.82, 2.24) is 14.9 Å². The Labute approximate surface area is 146 Å². The fraction of sp³-hybridized carbons (Fsp3) is 0.556. The van der Waals surface area contributed by atoms with Gasteiger partial charge in [-0.15, -0.1) is 11.3 Å². The first kappa shape index (κ1) is 16.1. The molecular formula is C18H23N3O2S. The van der Waals surface area contributed by atoms with Crippen LogP contribution in [0.25, 0.3) is 0 Å². The third-order valence-electron chi connectivity index (χ3n) is 5.00. The molecule has 2 aromatic heterocycles. The number of nitrogens with zero attached hydrogens (tertiary/aromatic N) is 3. The van der Waals surface area contributed by atoms with Crippen LogP contribution in [-0.2, 0) is 22.6 Å². The third-order valence-corrected chi connectivity index (χ3v) is 5.95. The van der Waals surface area contributed by atoms with E-state index >= 15 is 0 Å². The maximum absolute atomic E-state index is 6.05. The fourth-order valence-corrected chi connectivity index (χ4v) is 4.60. The Morgan fingerprint density at radius 1 is 1.50 bits per heavy atom. The van der Waals surface area contributed by atoms with Crippen molar-refractivity contribution in [1.29, 1.82) is 0 Å². The molecule has 0 saturated carbocycles. The Hall–Kier alpha value is -1.34. The Kier molecular flexibility index (Phi) is 4.63. The average molecular weight is 345 g/mol. The Bertz CT molecular complexity index is 678. The van der Waals surface area contributed by atoms with E-state index in [1.165, 1.54) is 5.01 Å². The van der Waals surface area contributed by atoms with E-state index < -0.39 is 0 Å². The van der Waals surface area contributed by atoms with Crippen LogP contribution in [0.5, 0.6) is 0 Å². The number of hydrogen-bond acceptors (Lipinski definition) is 6. The van der Waals surface area contributed by atoms with Crippen LogP contribution < -0.4 is 0 Å². The predicted octanol–water partition coefficient (Wildman–Crippen LogP) is 2.51. The number of aromatic nitrogens is 2. The highest BCUT2D eigenvalue weighted by atomic mass is 32.1. The summed E-state index contributed by atoms with van der Waals surface area (Å²) in [5.41, 5.74) is 2.37. The highest BCUT2D eigenvalue weighted by Crippen LogP contribution is 2.42. The summed E-state index contributed by atoms with van der Waals surface area (Å²) in [6, 6.07) is 4.00. The first-order valence-electron chi connectivity index (χ1n) is 8.41. The first-order valence-corrected chi connectivity index (χ1v) is 9.29. The zero-order valence-electron chi connectivity index (χ0n) is 14.0. The minimum atomic E-state index is 0.133. The third kappa shape index (κ3) is 3.37. The molecule has 0 amide bonds. The van der Waals surface area contributed by atoms with Crippen LogP contribution in [0.4, 0.5) is 0 Å². The van der Waals surface area contributed by atoms with Gasteiger partial charge in [0.15, 0.2) is 0 Å². The second-order valence-corrected chi connectivity index (χ2v) is 7.92. The molecule has 2 aromatic rings. The Balaban J connectivity index is 1.36. The van der Waals surface area contributed by atoms with Gasteiger partial charge in [0, 0.05) is 47.9 Å². The number of pyridine rings is 1. The maximum Gasteiger partial charge on any atom is 0.107 e. The molecule has 0 spiro atoms. The van der Waals surface area contributed by atoms with Gasteiger partial charge in [-0.05, 0) is 18.6 Å². The van der Waals surface area contributed by atoms with E-state index in [2.05, 4.69) is 33.2 Å². The number of fused-ring (bicyclic) bond motifs is 1. The first-order chi connectivity index (χ1) is 11.7. The largest absolute Gasteiger partial charge is 0.380 e. The molecule has 2 aliphatic heterocycles. The molecule has 0 radical (unpaired) electrons. The molecule has 0 N–H and O–H groups in total. The van der Waals surface area contributed by atoms with Gasteiger partial charge in [0.2, 0.25) is 0 Å². The second-order valence-electron chi connectivity index (χ2n) is 6.98. The van der Waals surface area contributed by atoms with Crippen LogP contribution >= 0.6 is 11.3 Å². The summed E-state index contributed by atoms with van der Waals surface area (Å²) in [5.74, 6) is 0.562.